The summed E-state index contributed by atoms with van der Waals surface area (Å²) >= 11 is 0. The first-order valence-electron chi connectivity index (χ1n) is 5.57. The minimum absolute atomic E-state index is 0.339. The lowest BCUT2D eigenvalue weighted by atomic mass is 10.1. The third-order valence-electron chi connectivity index (χ3n) is 2.81. The van der Waals surface area contributed by atoms with Gasteiger partial charge in [0.2, 0.25) is 0 Å². The van der Waals surface area contributed by atoms with Gasteiger partial charge in [0.15, 0.2) is 17.0 Å². The molecule has 5 nitrogen and oxygen atoms in total. The fourth-order valence-corrected chi connectivity index (χ4v) is 1.90. The number of carbonyl (C=O) groups is 1. The fraction of sp³-hybridized carbons (Fsp3) is 0. The largest absolute Gasteiger partial charge is 0.505 e. The highest BCUT2D eigenvalue weighted by Crippen LogP contribution is 2.33. The van der Waals surface area contributed by atoms with Gasteiger partial charge >= 0.3 is 5.97 Å². The molecule has 1 aromatic carbocycles. The van der Waals surface area contributed by atoms with Crippen LogP contribution in [0.2, 0.25) is 0 Å². The van der Waals surface area contributed by atoms with E-state index in [1.807, 2.05) is 30.3 Å². The molecule has 0 atom stereocenters. The van der Waals surface area contributed by atoms with Crippen molar-refractivity contribution >= 4 is 16.9 Å². The number of hydrogen-bond acceptors (Lipinski definition) is 4. The third-order valence-corrected chi connectivity index (χ3v) is 2.81. The Kier molecular flexibility index (Phi) is 2.45. The Morgan fingerprint density at radius 3 is 2.63 bits per heavy atom. The van der Waals surface area contributed by atoms with Gasteiger partial charge in [-0.15, -0.1) is 0 Å². The molecule has 0 spiro atoms. The van der Waals surface area contributed by atoms with Crippen LogP contribution in [0.5, 0.6) is 5.75 Å². The summed E-state index contributed by atoms with van der Waals surface area (Å²) in [5, 5.41) is 19.1. The number of carboxylic acids is 1. The number of aromatic nitrogens is 1. The number of benzene rings is 1. The number of aromatic hydroxyl groups is 1. The van der Waals surface area contributed by atoms with Crippen LogP contribution in [0, 0.1) is 0 Å². The van der Waals surface area contributed by atoms with Crippen molar-refractivity contribution in [1.29, 1.82) is 0 Å². The lowest BCUT2D eigenvalue weighted by molar-refractivity contribution is 0.0687. The van der Waals surface area contributed by atoms with Crippen LogP contribution in [0.3, 0.4) is 0 Å². The molecule has 0 bridgehead atoms. The molecule has 5 heteroatoms. The molecule has 0 radical (unpaired) electrons. The van der Waals surface area contributed by atoms with Crippen molar-refractivity contribution in [1.82, 2.24) is 4.98 Å². The van der Waals surface area contributed by atoms with E-state index in [9.17, 15) is 9.90 Å². The summed E-state index contributed by atoms with van der Waals surface area (Å²) in [7, 11) is 0. The van der Waals surface area contributed by atoms with E-state index in [2.05, 4.69) is 4.98 Å². The van der Waals surface area contributed by atoms with Crippen molar-refractivity contribution in [3.63, 3.8) is 0 Å². The molecule has 0 amide bonds. The Hall–Kier alpha value is -2.82. The summed E-state index contributed by atoms with van der Waals surface area (Å²) in [6, 6.07) is 10.9. The van der Waals surface area contributed by atoms with Crippen LogP contribution < -0.4 is 0 Å². The number of fused-ring (bicyclic) bond motifs is 1. The van der Waals surface area contributed by atoms with Crippen molar-refractivity contribution in [2.24, 2.45) is 0 Å². The number of carboxylic acid groups (broad SMARTS) is 1. The molecule has 0 aliphatic heterocycles. The zero-order valence-electron chi connectivity index (χ0n) is 9.70. The SMILES string of the molecule is O=C(O)c1ncc2oc(-c3ccccc3)cc2c1O. The molecule has 0 saturated carbocycles. The fourth-order valence-electron chi connectivity index (χ4n) is 1.90. The minimum atomic E-state index is -1.28. The van der Waals surface area contributed by atoms with Crippen LogP contribution in [-0.2, 0) is 0 Å². The molecule has 2 aromatic heterocycles. The van der Waals surface area contributed by atoms with E-state index in [1.54, 1.807) is 6.07 Å². The first-order valence-corrected chi connectivity index (χ1v) is 5.57. The van der Waals surface area contributed by atoms with E-state index in [0.29, 0.717) is 16.7 Å². The Balaban J connectivity index is 2.22. The molecule has 3 rings (SSSR count). The van der Waals surface area contributed by atoms with Gasteiger partial charge in [0.05, 0.1) is 11.6 Å². The highest BCUT2D eigenvalue weighted by Gasteiger charge is 2.17. The maximum Gasteiger partial charge on any atom is 0.358 e. The van der Waals surface area contributed by atoms with Crippen LogP contribution in [0.4, 0.5) is 0 Å². The van der Waals surface area contributed by atoms with Crippen molar-refractivity contribution in [2.45, 2.75) is 0 Å². The summed E-state index contributed by atoms with van der Waals surface area (Å²) in [6.45, 7) is 0. The molecular formula is C14H9NO4. The van der Waals surface area contributed by atoms with Crippen LogP contribution in [-0.4, -0.2) is 21.2 Å². The number of hydrogen-bond donors (Lipinski definition) is 2. The van der Waals surface area contributed by atoms with Crippen molar-refractivity contribution < 1.29 is 19.4 Å². The van der Waals surface area contributed by atoms with Gasteiger partial charge < -0.3 is 14.6 Å². The molecule has 0 unspecified atom stereocenters. The quantitative estimate of drug-likeness (QED) is 0.735. The smallest absolute Gasteiger partial charge is 0.358 e. The summed E-state index contributed by atoms with van der Waals surface area (Å²) in [5.41, 5.74) is 0.809. The number of aromatic carboxylic acids is 1. The van der Waals surface area contributed by atoms with Gasteiger partial charge in [0.1, 0.15) is 5.76 Å². The molecule has 0 aliphatic carbocycles. The maximum absolute atomic E-state index is 10.9. The summed E-state index contributed by atoms with van der Waals surface area (Å²) in [4.78, 5) is 14.6. The normalized spacial score (nSPS) is 10.7. The molecular weight excluding hydrogens is 246 g/mol. The second-order valence-electron chi connectivity index (χ2n) is 4.02. The molecule has 0 fully saturated rings. The van der Waals surface area contributed by atoms with Crippen molar-refractivity contribution in [3.8, 4) is 17.1 Å². The summed E-state index contributed by atoms with van der Waals surface area (Å²) < 4.78 is 5.55. The molecule has 0 aliphatic rings. The lowest BCUT2D eigenvalue weighted by Crippen LogP contribution is -1.99. The molecule has 19 heavy (non-hydrogen) atoms. The van der Waals surface area contributed by atoms with Crippen LogP contribution in [0.25, 0.3) is 22.3 Å². The van der Waals surface area contributed by atoms with E-state index in [0.717, 1.165) is 5.56 Å². The highest BCUT2D eigenvalue weighted by molar-refractivity contribution is 5.97. The number of furan rings is 1. The van der Waals surface area contributed by atoms with E-state index in [1.165, 1.54) is 6.20 Å². The molecule has 94 valence electrons. The second-order valence-corrected chi connectivity index (χ2v) is 4.02. The molecule has 2 heterocycles. The van der Waals surface area contributed by atoms with Gasteiger partial charge in [-0.2, -0.15) is 0 Å². The Morgan fingerprint density at radius 2 is 1.95 bits per heavy atom. The average molecular weight is 255 g/mol. The second kappa shape index (κ2) is 4.13. The van der Waals surface area contributed by atoms with Crippen molar-refractivity contribution in [3.05, 3.63) is 48.3 Å². The topological polar surface area (TPSA) is 83.6 Å². The van der Waals surface area contributed by atoms with Crippen molar-refractivity contribution in [2.75, 3.05) is 0 Å². The number of rotatable bonds is 2. The predicted molar refractivity (Wildman–Crippen MR) is 68.1 cm³/mol. The molecule has 2 N–H and O–H groups in total. The first kappa shape index (κ1) is 11.3. The minimum Gasteiger partial charge on any atom is -0.505 e. The third kappa shape index (κ3) is 1.81. The van der Waals surface area contributed by atoms with Gasteiger partial charge in [-0.25, -0.2) is 9.78 Å². The van der Waals surface area contributed by atoms with Gasteiger partial charge in [0, 0.05) is 5.56 Å². The molecule has 0 saturated heterocycles. The summed E-state index contributed by atoms with van der Waals surface area (Å²) in [6.07, 6.45) is 1.30. The Morgan fingerprint density at radius 1 is 1.21 bits per heavy atom. The van der Waals surface area contributed by atoms with E-state index >= 15 is 0 Å². The predicted octanol–water partition coefficient (Wildman–Crippen LogP) is 2.90. The monoisotopic (exact) mass is 255 g/mol. The molecule has 3 aromatic rings. The summed E-state index contributed by atoms with van der Waals surface area (Å²) in [5.74, 6) is -1.10. The Labute approximate surface area is 107 Å². The van der Waals surface area contributed by atoms with Gasteiger partial charge in [-0.3, -0.25) is 0 Å². The number of pyridine rings is 1. The lowest BCUT2D eigenvalue weighted by Gasteiger charge is -1.97. The van der Waals surface area contributed by atoms with E-state index in [-0.39, 0.29) is 11.4 Å². The van der Waals surface area contributed by atoms with Gasteiger partial charge in [-0.1, -0.05) is 30.3 Å². The van der Waals surface area contributed by atoms with E-state index < -0.39 is 5.97 Å². The highest BCUT2D eigenvalue weighted by atomic mass is 16.4. The van der Waals surface area contributed by atoms with E-state index in [4.69, 9.17) is 9.52 Å². The zero-order valence-corrected chi connectivity index (χ0v) is 9.70. The van der Waals surface area contributed by atoms with Gasteiger partial charge in [0.25, 0.3) is 0 Å². The zero-order chi connectivity index (χ0) is 13.4. The van der Waals surface area contributed by atoms with Gasteiger partial charge in [-0.05, 0) is 6.07 Å². The maximum atomic E-state index is 10.9. The van der Waals surface area contributed by atoms with Crippen LogP contribution in [0.15, 0.2) is 47.0 Å². The number of nitrogens with zero attached hydrogens (tertiary/aromatic N) is 1. The van der Waals surface area contributed by atoms with Crippen LogP contribution in [0.1, 0.15) is 10.5 Å². The van der Waals surface area contributed by atoms with Crippen LogP contribution >= 0.6 is 0 Å². The average Bonchev–Trinajstić information content (AvgIpc) is 2.85. The standard InChI is InChI=1S/C14H9NO4/c16-13-9-6-10(8-4-2-1-3-5-8)19-11(9)7-15-12(13)14(17)18/h1-7,16H,(H,17,18). The first-order chi connectivity index (χ1) is 9.16. The Bertz CT molecular complexity index is 762.